The lowest BCUT2D eigenvalue weighted by Gasteiger charge is -2.19. The van der Waals surface area contributed by atoms with Crippen LogP contribution in [0.2, 0.25) is 0 Å². The van der Waals surface area contributed by atoms with Crippen LogP contribution in [-0.2, 0) is 24.6 Å². The number of hydrogen-bond acceptors (Lipinski definition) is 2. The first-order chi connectivity index (χ1) is 15.9. The Labute approximate surface area is 190 Å². The molecule has 0 aliphatic heterocycles. The molecule has 4 aliphatic carbocycles. The van der Waals surface area contributed by atoms with Gasteiger partial charge in [-0.25, -0.2) is 4.98 Å². The molecule has 5 heteroatoms. The van der Waals surface area contributed by atoms with Gasteiger partial charge in [0.1, 0.15) is 6.61 Å². The highest BCUT2D eigenvalue weighted by molar-refractivity contribution is 5.54. The van der Waals surface area contributed by atoms with Gasteiger partial charge in [0.25, 0.3) is 0 Å². The fraction of sp³-hybridized carbons (Fsp3) is 0.393. The Morgan fingerprint density at radius 2 is 1.85 bits per heavy atom. The molecule has 3 aromatic rings. The second kappa shape index (κ2) is 6.62. The average molecular weight is 448 g/mol. The van der Waals surface area contributed by atoms with Crippen LogP contribution in [0.15, 0.2) is 54.7 Å². The molecule has 1 heterocycles. The third-order valence-corrected chi connectivity index (χ3v) is 8.34. The SMILES string of the molecule is FC(F)(F)c1ccccc1C1CC2(CC2)c2ccc(COc3cc4c(cn3)[C@@H]3CC3C4)cc21. The number of aromatic nitrogens is 1. The zero-order valence-corrected chi connectivity index (χ0v) is 18.2. The molecule has 2 saturated carbocycles. The first-order valence-electron chi connectivity index (χ1n) is 11.8. The van der Waals surface area contributed by atoms with Crippen LogP contribution in [-0.4, -0.2) is 4.98 Å². The van der Waals surface area contributed by atoms with Crippen molar-refractivity contribution in [1.29, 1.82) is 0 Å². The minimum atomic E-state index is -4.35. The molecule has 168 valence electrons. The van der Waals surface area contributed by atoms with E-state index in [1.807, 2.05) is 6.20 Å². The minimum Gasteiger partial charge on any atom is -0.473 e. The van der Waals surface area contributed by atoms with Gasteiger partial charge in [0.15, 0.2) is 0 Å². The number of alkyl halides is 3. The molecular weight excluding hydrogens is 423 g/mol. The number of rotatable bonds is 4. The Morgan fingerprint density at radius 1 is 1.00 bits per heavy atom. The molecule has 3 atom stereocenters. The predicted molar refractivity (Wildman–Crippen MR) is 118 cm³/mol. The van der Waals surface area contributed by atoms with Gasteiger partial charge in [-0.2, -0.15) is 13.2 Å². The molecule has 1 spiro atoms. The number of halogens is 3. The van der Waals surface area contributed by atoms with E-state index >= 15 is 0 Å². The molecule has 2 fully saturated rings. The van der Waals surface area contributed by atoms with Gasteiger partial charge in [-0.05, 0) is 88.8 Å². The number of hydrogen-bond donors (Lipinski definition) is 0. The minimum absolute atomic E-state index is 0.0560. The third-order valence-electron chi connectivity index (χ3n) is 8.34. The van der Waals surface area contributed by atoms with E-state index in [9.17, 15) is 13.2 Å². The van der Waals surface area contributed by atoms with E-state index in [1.165, 1.54) is 35.2 Å². The number of benzene rings is 2. The van der Waals surface area contributed by atoms with Crippen molar-refractivity contribution in [1.82, 2.24) is 4.98 Å². The first-order valence-corrected chi connectivity index (χ1v) is 11.8. The summed E-state index contributed by atoms with van der Waals surface area (Å²) >= 11 is 0. The van der Waals surface area contributed by atoms with E-state index in [2.05, 4.69) is 29.2 Å². The molecule has 33 heavy (non-hydrogen) atoms. The maximum Gasteiger partial charge on any atom is 0.416 e. The highest BCUT2D eigenvalue weighted by atomic mass is 19.4. The number of ether oxygens (including phenoxy) is 1. The maximum atomic E-state index is 13.8. The van der Waals surface area contributed by atoms with Crippen LogP contribution in [0.1, 0.15) is 76.5 Å². The van der Waals surface area contributed by atoms with Gasteiger partial charge >= 0.3 is 6.18 Å². The van der Waals surface area contributed by atoms with Crippen molar-refractivity contribution in [3.8, 4) is 5.88 Å². The molecule has 0 radical (unpaired) electrons. The van der Waals surface area contributed by atoms with Crippen molar-refractivity contribution >= 4 is 0 Å². The summed E-state index contributed by atoms with van der Waals surface area (Å²) in [5, 5.41) is 0. The van der Waals surface area contributed by atoms with E-state index < -0.39 is 11.7 Å². The predicted octanol–water partition coefficient (Wildman–Crippen LogP) is 6.91. The fourth-order valence-electron chi connectivity index (χ4n) is 6.41. The van der Waals surface area contributed by atoms with Gasteiger partial charge in [0.05, 0.1) is 5.56 Å². The van der Waals surface area contributed by atoms with Crippen molar-refractivity contribution in [2.24, 2.45) is 5.92 Å². The van der Waals surface area contributed by atoms with Gasteiger partial charge < -0.3 is 4.74 Å². The maximum absolute atomic E-state index is 13.8. The highest BCUT2D eigenvalue weighted by Crippen LogP contribution is 2.62. The molecule has 7 rings (SSSR count). The monoisotopic (exact) mass is 447 g/mol. The summed E-state index contributed by atoms with van der Waals surface area (Å²) in [6.07, 6.45) is 2.91. The van der Waals surface area contributed by atoms with Gasteiger partial charge in [0, 0.05) is 18.2 Å². The summed E-state index contributed by atoms with van der Waals surface area (Å²) in [6, 6.07) is 14.4. The van der Waals surface area contributed by atoms with Crippen molar-refractivity contribution in [2.45, 2.75) is 62.1 Å². The van der Waals surface area contributed by atoms with Crippen LogP contribution < -0.4 is 4.74 Å². The van der Waals surface area contributed by atoms with Crippen molar-refractivity contribution < 1.29 is 17.9 Å². The molecule has 0 amide bonds. The normalized spacial score (nSPS) is 25.5. The standard InChI is InChI=1S/C28H24F3NO/c29-28(30,31)25-4-2-1-3-19(25)22-13-27(7-8-27)24-6-5-16(9-21(22)24)15-33-26-12-18-10-17-11-20(17)23(18)14-32-26/h1-6,9,12,14,17,20,22H,7-8,10-11,13,15H2/t17?,20-,22?/m1/s1. The van der Waals surface area contributed by atoms with E-state index in [-0.39, 0.29) is 11.3 Å². The molecule has 0 saturated heterocycles. The second-order valence-corrected chi connectivity index (χ2v) is 10.4. The molecule has 2 nitrogen and oxygen atoms in total. The highest BCUT2D eigenvalue weighted by Gasteiger charge is 2.53. The lowest BCUT2D eigenvalue weighted by atomic mass is 9.88. The Bertz CT molecular complexity index is 1280. The van der Waals surface area contributed by atoms with Crippen molar-refractivity contribution in [3.63, 3.8) is 0 Å². The summed E-state index contributed by atoms with van der Waals surface area (Å²) in [5.41, 5.74) is 5.91. The van der Waals surface area contributed by atoms with E-state index in [0.29, 0.717) is 24.0 Å². The Balaban J connectivity index is 1.19. The lowest BCUT2D eigenvalue weighted by Crippen LogP contribution is -2.12. The number of nitrogens with zero attached hydrogens (tertiary/aromatic N) is 1. The summed E-state index contributed by atoms with van der Waals surface area (Å²) in [5.74, 6) is 1.92. The molecule has 4 aliphatic rings. The largest absolute Gasteiger partial charge is 0.473 e. The van der Waals surface area contributed by atoms with Crippen LogP contribution in [0, 0.1) is 5.92 Å². The fourth-order valence-corrected chi connectivity index (χ4v) is 6.41. The second-order valence-electron chi connectivity index (χ2n) is 10.4. The number of fused-ring (bicyclic) bond motifs is 5. The molecular formula is C28H24F3NO. The first kappa shape index (κ1) is 19.6. The molecule has 0 bridgehead atoms. The summed E-state index contributed by atoms with van der Waals surface area (Å²) in [6.45, 7) is 0.368. The van der Waals surface area contributed by atoms with E-state index in [4.69, 9.17) is 4.74 Å². The lowest BCUT2D eigenvalue weighted by molar-refractivity contribution is -0.138. The van der Waals surface area contributed by atoms with E-state index in [0.717, 1.165) is 42.7 Å². The topological polar surface area (TPSA) is 22.1 Å². The number of pyridine rings is 1. The zero-order valence-electron chi connectivity index (χ0n) is 18.2. The smallest absolute Gasteiger partial charge is 0.416 e. The molecule has 0 N–H and O–H groups in total. The average Bonchev–Trinajstić information content (AvgIpc) is 3.70. The van der Waals surface area contributed by atoms with Crippen LogP contribution in [0.4, 0.5) is 13.2 Å². The van der Waals surface area contributed by atoms with Gasteiger partial charge in [-0.15, -0.1) is 0 Å². The van der Waals surface area contributed by atoms with Crippen LogP contribution in [0.5, 0.6) is 5.88 Å². The van der Waals surface area contributed by atoms with Gasteiger partial charge in [-0.3, -0.25) is 0 Å². The molecule has 2 unspecified atom stereocenters. The van der Waals surface area contributed by atoms with Gasteiger partial charge in [0.2, 0.25) is 5.88 Å². The summed E-state index contributed by atoms with van der Waals surface area (Å²) < 4.78 is 47.3. The molecule has 1 aromatic heterocycles. The Hall–Kier alpha value is -2.82. The van der Waals surface area contributed by atoms with Crippen molar-refractivity contribution in [2.75, 3.05) is 0 Å². The van der Waals surface area contributed by atoms with Crippen LogP contribution >= 0.6 is 0 Å². The van der Waals surface area contributed by atoms with Crippen LogP contribution in [0.3, 0.4) is 0 Å². The third kappa shape index (κ3) is 3.12. The quantitative estimate of drug-likeness (QED) is 0.434. The van der Waals surface area contributed by atoms with Crippen molar-refractivity contribution in [3.05, 3.63) is 93.7 Å². The zero-order chi connectivity index (χ0) is 22.4. The van der Waals surface area contributed by atoms with E-state index in [1.54, 1.807) is 12.1 Å². The Kier molecular flexibility index (Phi) is 3.94. The molecule has 2 aromatic carbocycles. The van der Waals surface area contributed by atoms with Gasteiger partial charge in [-0.1, -0.05) is 36.4 Å². The summed E-state index contributed by atoms with van der Waals surface area (Å²) in [7, 11) is 0. The Morgan fingerprint density at radius 3 is 2.67 bits per heavy atom. The summed E-state index contributed by atoms with van der Waals surface area (Å²) in [4.78, 5) is 4.50. The van der Waals surface area contributed by atoms with Crippen LogP contribution in [0.25, 0.3) is 0 Å².